The summed E-state index contributed by atoms with van der Waals surface area (Å²) in [5.41, 5.74) is 0.495. The quantitative estimate of drug-likeness (QED) is 0.816. The van der Waals surface area contributed by atoms with E-state index in [1.165, 1.54) is 31.4 Å². The molecule has 0 heterocycles. The van der Waals surface area contributed by atoms with Crippen molar-refractivity contribution in [1.82, 2.24) is 0 Å². The molecule has 17 heavy (non-hydrogen) atoms. The second-order valence-corrected chi connectivity index (χ2v) is 3.27. The second kappa shape index (κ2) is 5.79. The maximum Gasteiger partial charge on any atom is 0.337 e. The van der Waals surface area contributed by atoms with Crippen LogP contribution in [-0.2, 0) is 9.53 Å². The molecule has 1 rings (SSSR count). The van der Waals surface area contributed by atoms with E-state index in [0.29, 0.717) is 5.56 Å². The topological polar surface area (TPSA) is 63.6 Å². The summed E-state index contributed by atoms with van der Waals surface area (Å²) < 4.78 is 17.6. The lowest BCUT2D eigenvalue weighted by molar-refractivity contribution is -0.135. The van der Waals surface area contributed by atoms with E-state index in [2.05, 4.69) is 4.74 Å². The first-order chi connectivity index (χ1) is 8.02. The third-order valence-corrected chi connectivity index (χ3v) is 1.94. The van der Waals surface area contributed by atoms with E-state index in [1.54, 1.807) is 0 Å². The smallest absolute Gasteiger partial charge is 0.337 e. The Morgan fingerprint density at radius 2 is 2.12 bits per heavy atom. The largest absolute Gasteiger partial charge is 0.481 e. The summed E-state index contributed by atoms with van der Waals surface area (Å²) in [6, 6.07) is 3.68. The van der Waals surface area contributed by atoms with Gasteiger partial charge in [-0.3, -0.25) is 4.79 Å². The molecule has 5 heteroatoms. The minimum absolute atomic E-state index is 0.0856. The fourth-order valence-electron chi connectivity index (χ4n) is 1.24. The van der Waals surface area contributed by atoms with Crippen molar-refractivity contribution in [3.8, 4) is 0 Å². The predicted molar refractivity (Wildman–Crippen MR) is 59.0 cm³/mol. The first-order valence-corrected chi connectivity index (χ1v) is 4.80. The molecule has 1 N–H and O–H groups in total. The molecule has 0 fully saturated rings. The highest BCUT2D eigenvalue weighted by Crippen LogP contribution is 2.12. The molecule has 0 radical (unpaired) electrons. The van der Waals surface area contributed by atoms with Crippen LogP contribution in [0.5, 0.6) is 0 Å². The van der Waals surface area contributed by atoms with Gasteiger partial charge in [0.15, 0.2) is 0 Å². The van der Waals surface area contributed by atoms with E-state index in [4.69, 9.17) is 5.11 Å². The van der Waals surface area contributed by atoms with Crippen LogP contribution in [0.25, 0.3) is 6.08 Å². The standard InChI is InChI=1S/C12H11FO4/c1-17-12(16)9-5-8(6-10(13)7-9)3-2-4-11(14)15/h2-3,5-7H,4H2,1H3,(H,14,15). The number of rotatable bonds is 4. The third kappa shape index (κ3) is 4.06. The fraction of sp³-hybridized carbons (Fsp3) is 0.167. The Kier molecular flexibility index (Phi) is 4.39. The van der Waals surface area contributed by atoms with Crippen LogP contribution >= 0.6 is 0 Å². The maximum absolute atomic E-state index is 13.2. The van der Waals surface area contributed by atoms with Crippen molar-refractivity contribution in [1.29, 1.82) is 0 Å². The van der Waals surface area contributed by atoms with Crippen molar-refractivity contribution >= 4 is 18.0 Å². The van der Waals surface area contributed by atoms with Crippen LogP contribution in [0.3, 0.4) is 0 Å². The minimum Gasteiger partial charge on any atom is -0.481 e. The monoisotopic (exact) mass is 238 g/mol. The number of aliphatic carboxylic acids is 1. The summed E-state index contributed by atoms with van der Waals surface area (Å²) in [7, 11) is 1.20. The number of ether oxygens (including phenoxy) is 1. The van der Waals surface area contributed by atoms with Crippen LogP contribution in [0.1, 0.15) is 22.3 Å². The number of carbonyl (C=O) groups excluding carboxylic acids is 1. The third-order valence-electron chi connectivity index (χ3n) is 1.94. The molecule has 0 amide bonds. The molecule has 0 saturated heterocycles. The summed E-state index contributed by atoms with van der Waals surface area (Å²) in [4.78, 5) is 21.5. The lowest BCUT2D eigenvalue weighted by Crippen LogP contribution is -2.02. The molecule has 1 aromatic carbocycles. The molecular weight excluding hydrogens is 227 g/mol. The zero-order chi connectivity index (χ0) is 12.8. The van der Waals surface area contributed by atoms with Gasteiger partial charge >= 0.3 is 11.9 Å². The number of methoxy groups -OCH3 is 1. The first-order valence-electron chi connectivity index (χ1n) is 4.80. The SMILES string of the molecule is COC(=O)c1cc(F)cc(C=CCC(=O)O)c1. The van der Waals surface area contributed by atoms with Gasteiger partial charge < -0.3 is 9.84 Å². The number of carboxylic acids is 1. The molecule has 0 aliphatic carbocycles. The second-order valence-electron chi connectivity index (χ2n) is 3.27. The normalized spacial score (nSPS) is 10.5. The van der Waals surface area contributed by atoms with Gasteiger partial charge in [0, 0.05) is 0 Å². The Morgan fingerprint density at radius 3 is 2.71 bits per heavy atom. The highest BCUT2D eigenvalue weighted by Gasteiger charge is 2.07. The molecular formula is C12H11FO4. The van der Waals surface area contributed by atoms with Crippen molar-refractivity contribution in [3.63, 3.8) is 0 Å². The summed E-state index contributed by atoms with van der Waals surface area (Å²) >= 11 is 0. The minimum atomic E-state index is -0.981. The number of benzene rings is 1. The lowest BCUT2D eigenvalue weighted by Gasteiger charge is -2.01. The molecule has 4 nitrogen and oxygen atoms in total. The van der Waals surface area contributed by atoms with Crippen molar-refractivity contribution in [2.75, 3.05) is 7.11 Å². The van der Waals surface area contributed by atoms with Gasteiger partial charge in [0.25, 0.3) is 0 Å². The number of carboxylic acid groups (broad SMARTS) is 1. The molecule has 1 aromatic rings. The number of halogens is 1. The van der Waals surface area contributed by atoms with Crippen LogP contribution < -0.4 is 0 Å². The number of carbonyl (C=O) groups is 2. The highest BCUT2D eigenvalue weighted by molar-refractivity contribution is 5.90. The van der Waals surface area contributed by atoms with Gasteiger partial charge in [0.1, 0.15) is 5.82 Å². The number of esters is 1. The Bertz CT molecular complexity index is 466. The first kappa shape index (κ1) is 12.9. The Morgan fingerprint density at radius 1 is 1.41 bits per heavy atom. The highest BCUT2D eigenvalue weighted by atomic mass is 19.1. The van der Waals surface area contributed by atoms with Crippen LogP contribution in [0.4, 0.5) is 4.39 Å². The van der Waals surface area contributed by atoms with E-state index in [0.717, 1.165) is 6.07 Å². The van der Waals surface area contributed by atoms with Crippen molar-refractivity contribution in [2.45, 2.75) is 6.42 Å². The van der Waals surface area contributed by atoms with Gasteiger partial charge in [-0.1, -0.05) is 12.2 Å². The summed E-state index contributed by atoms with van der Waals surface area (Å²) in [6.45, 7) is 0. The molecule has 0 bridgehead atoms. The molecule has 0 saturated carbocycles. The maximum atomic E-state index is 13.2. The Balaban J connectivity index is 2.93. The van der Waals surface area contributed by atoms with E-state index < -0.39 is 17.8 Å². The zero-order valence-electron chi connectivity index (χ0n) is 9.14. The van der Waals surface area contributed by atoms with Gasteiger partial charge in [-0.05, 0) is 23.8 Å². The van der Waals surface area contributed by atoms with Gasteiger partial charge in [-0.15, -0.1) is 0 Å². The average Bonchev–Trinajstić information content (AvgIpc) is 2.26. The average molecular weight is 238 g/mol. The van der Waals surface area contributed by atoms with Gasteiger partial charge in [-0.25, -0.2) is 9.18 Å². The van der Waals surface area contributed by atoms with Crippen LogP contribution in [-0.4, -0.2) is 24.2 Å². The summed E-state index contributed by atoms with van der Waals surface area (Å²) in [5.74, 6) is -2.20. The van der Waals surface area contributed by atoms with Gasteiger partial charge in [0.2, 0.25) is 0 Å². The molecule has 0 spiro atoms. The lowest BCUT2D eigenvalue weighted by atomic mass is 10.1. The van der Waals surface area contributed by atoms with Gasteiger partial charge in [-0.2, -0.15) is 0 Å². The molecule has 0 aliphatic heterocycles. The Hall–Kier alpha value is -2.17. The van der Waals surface area contributed by atoms with E-state index in [9.17, 15) is 14.0 Å². The van der Waals surface area contributed by atoms with Crippen molar-refractivity contribution in [2.24, 2.45) is 0 Å². The summed E-state index contributed by atoms with van der Waals surface area (Å²) in [6.07, 6.45) is 2.64. The summed E-state index contributed by atoms with van der Waals surface area (Å²) in [5, 5.41) is 8.43. The molecule has 0 atom stereocenters. The van der Waals surface area contributed by atoms with Crippen molar-refractivity contribution < 1.29 is 23.8 Å². The van der Waals surface area contributed by atoms with Crippen LogP contribution in [0.2, 0.25) is 0 Å². The van der Waals surface area contributed by atoms with E-state index >= 15 is 0 Å². The molecule has 90 valence electrons. The molecule has 0 unspecified atom stereocenters. The van der Waals surface area contributed by atoms with Crippen LogP contribution in [0.15, 0.2) is 24.3 Å². The molecule has 0 aromatic heterocycles. The number of hydrogen-bond acceptors (Lipinski definition) is 3. The number of hydrogen-bond donors (Lipinski definition) is 1. The van der Waals surface area contributed by atoms with E-state index in [1.807, 2.05) is 0 Å². The van der Waals surface area contributed by atoms with E-state index in [-0.39, 0.29) is 12.0 Å². The van der Waals surface area contributed by atoms with Crippen LogP contribution in [0, 0.1) is 5.82 Å². The predicted octanol–water partition coefficient (Wildman–Crippen LogP) is 2.10. The Labute approximate surface area is 97.3 Å². The molecule has 0 aliphatic rings. The van der Waals surface area contributed by atoms with Crippen molar-refractivity contribution in [3.05, 3.63) is 41.2 Å². The zero-order valence-corrected chi connectivity index (χ0v) is 9.14. The van der Waals surface area contributed by atoms with Gasteiger partial charge in [0.05, 0.1) is 19.1 Å². The fourth-order valence-corrected chi connectivity index (χ4v) is 1.24.